The van der Waals surface area contributed by atoms with Crippen LogP contribution in [0, 0.1) is 0 Å². The Balaban J connectivity index is 3.47. The summed E-state index contributed by atoms with van der Waals surface area (Å²) in [5, 5.41) is 9.67. The van der Waals surface area contributed by atoms with E-state index in [1.54, 1.807) is 0 Å². The highest BCUT2D eigenvalue weighted by Crippen LogP contribution is 2.42. The van der Waals surface area contributed by atoms with Gasteiger partial charge in [-0.05, 0) is 32.1 Å². The molecule has 4 N–H and O–H groups in total. The Morgan fingerprint density at radius 3 is 2.06 bits per heavy atom. The van der Waals surface area contributed by atoms with Gasteiger partial charge in [-0.3, -0.25) is 13.8 Å². The van der Waals surface area contributed by atoms with E-state index in [9.17, 15) is 19.4 Å². The lowest BCUT2D eigenvalue weighted by atomic mass is 10.1. The molecule has 0 aromatic heterocycles. The second-order valence-electron chi connectivity index (χ2n) is 8.06. The molecule has 190 valence electrons. The monoisotopic (exact) mass is 479 g/mol. The largest absolute Gasteiger partial charge is 0.472 e. The van der Waals surface area contributed by atoms with E-state index in [4.69, 9.17) is 10.5 Å². The van der Waals surface area contributed by atoms with Crippen molar-refractivity contribution in [3.63, 3.8) is 0 Å². The van der Waals surface area contributed by atoms with Crippen molar-refractivity contribution in [3.05, 3.63) is 12.2 Å². The van der Waals surface area contributed by atoms with Gasteiger partial charge >= 0.3 is 13.8 Å². The average Bonchev–Trinajstić information content (AvgIpc) is 2.77. The summed E-state index contributed by atoms with van der Waals surface area (Å²) in [6, 6.07) is 0. The average molecular weight is 480 g/mol. The third-order valence-electron chi connectivity index (χ3n) is 4.88. The Morgan fingerprint density at radius 1 is 0.906 bits per heavy atom. The van der Waals surface area contributed by atoms with Crippen LogP contribution in [0.4, 0.5) is 0 Å². The molecule has 0 aromatic carbocycles. The van der Waals surface area contributed by atoms with E-state index in [1.807, 2.05) is 0 Å². The summed E-state index contributed by atoms with van der Waals surface area (Å²) in [4.78, 5) is 21.0. The fourth-order valence-corrected chi connectivity index (χ4v) is 3.81. The van der Waals surface area contributed by atoms with E-state index in [0.717, 1.165) is 19.3 Å². The molecule has 9 heteroatoms. The van der Waals surface area contributed by atoms with Gasteiger partial charge in [0.1, 0.15) is 12.7 Å². The fraction of sp³-hybridized carbons (Fsp3) is 0.870. The molecule has 0 aliphatic heterocycles. The number of carbonyl (C=O) groups is 1. The van der Waals surface area contributed by atoms with Crippen molar-refractivity contribution in [2.75, 3.05) is 26.4 Å². The van der Waals surface area contributed by atoms with Crippen LogP contribution in [0.25, 0.3) is 0 Å². The van der Waals surface area contributed by atoms with Gasteiger partial charge in [-0.25, -0.2) is 4.57 Å². The topological polar surface area (TPSA) is 128 Å². The molecule has 0 aromatic rings. The molecule has 0 aliphatic carbocycles. The Kier molecular flexibility index (Phi) is 21.5. The summed E-state index contributed by atoms with van der Waals surface area (Å²) in [6.07, 6.45) is 19.2. The van der Waals surface area contributed by atoms with E-state index >= 15 is 0 Å². The van der Waals surface area contributed by atoms with Gasteiger partial charge in [0.2, 0.25) is 0 Å². The van der Waals surface area contributed by atoms with Crippen molar-refractivity contribution in [2.45, 2.75) is 103 Å². The smallest absolute Gasteiger partial charge is 0.463 e. The third-order valence-corrected chi connectivity index (χ3v) is 5.87. The van der Waals surface area contributed by atoms with Gasteiger partial charge in [0.25, 0.3) is 0 Å². The second kappa shape index (κ2) is 22.1. The summed E-state index contributed by atoms with van der Waals surface area (Å²) in [7, 11) is -4.24. The van der Waals surface area contributed by atoms with Crippen LogP contribution in [0.1, 0.15) is 96.8 Å². The first-order valence-electron chi connectivity index (χ1n) is 12.2. The Bertz CT molecular complexity index is 517. The van der Waals surface area contributed by atoms with Gasteiger partial charge < -0.3 is 20.5 Å². The van der Waals surface area contributed by atoms with Crippen LogP contribution >= 0.6 is 7.82 Å². The molecule has 0 amide bonds. The number of hydrogen-bond donors (Lipinski definition) is 3. The summed E-state index contributed by atoms with van der Waals surface area (Å²) in [5.74, 6) is -0.392. The molecular weight excluding hydrogens is 433 g/mol. The van der Waals surface area contributed by atoms with Crippen LogP contribution in [-0.4, -0.2) is 48.4 Å². The lowest BCUT2D eigenvalue weighted by molar-refractivity contribution is -0.147. The van der Waals surface area contributed by atoms with Crippen LogP contribution in [-0.2, 0) is 23.1 Å². The highest BCUT2D eigenvalue weighted by molar-refractivity contribution is 7.47. The summed E-state index contributed by atoms with van der Waals surface area (Å²) < 4.78 is 25.5. The van der Waals surface area contributed by atoms with Crippen molar-refractivity contribution in [2.24, 2.45) is 5.73 Å². The van der Waals surface area contributed by atoms with Crippen LogP contribution in [0.2, 0.25) is 0 Å². The first-order chi connectivity index (χ1) is 15.4. The molecule has 0 saturated carbocycles. The molecular formula is C23H46NO7P. The van der Waals surface area contributed by atoms with Gasteiger partial charge in [-0.15, -0.1) is 0 Å². The molecule has 0 fully saturated rings. The van der Waals surface area contributed by atoms with Crippen molar-refractivity contribution in [3.8, 4) is 0 Å². The van der Waals surface area contributed by atoms with Crippen molar-refractivity contribution in [1.29, 1.82) is 0 Å². The molecule has 0 radical (unpaired) electrons. The number of phosphoric ester groups is 1. The number of hydrogen-bond acceptors (Lipinski definition) is 7. The minimum absolute atomic E-state index is 0.0744. The van der Waals surface area contributed by atoms with E-state index in [0.29, 0.717) is 6.42 Å². The van der Waals surface area contributed by atoms with Gasteiger partial charge in [0.05, 0.1) is 13.2 Å². The molecule has 0 saturated heterocycles. The maximum atomic E-state index is 11.7. The normalized spacial score (nSPS) is 14.5. The zero-order chi connectivity index (χ0) is 23.9. The fourth-order valence-electron chi connectivity index (χ4n) is 3.04. The number of ether oxygens (including phenoxy) is 1. The predicted octanol–water partition coefficient (Wildman–Crippen LogP) is 5.02. The SMILES string of the molecule is CCCCCC/C=C/CCCCCCCCCC(=O)OC[C@@H](O)COP(=O)(O)OCCN. The minimum atomic E-state index is -4.24. The highest BCUT2D eigenvalue weighted by atomic mass is 31.2. The van der Waals surface area contributed by atoms with Crippen LogP contribution in [0.3, 0.4) is 0 Å². The number of nitrogens with two attached hydrogens (primary N) is 1. The van der Waals surface area contributed by atoms with Gasteiger partial charge in [0.15, 0.2) is 0 Å². The number of carbonyl (C=O) groups excluding carboxylic acids is 1. The minimum Gasteiger partial charge on any atom is -0.463 e. The number of rotatable bonds is 23. The number of esters is 1. The zero-order valence-corrected chi connectivity index (χ0v) is 20.8. The number of unbranched alkanes of at least 4 members (excludes halogenated alkanes) is 11. The molecule has 32 heavy (non-hydrogen) atoms. The van der Waals surface area contributed by atoms with E-state index in [2.05, 4.69) is 28.1 Å². The van der Waals surface area contributed by atoms with Crippen LogP contribution in [0.15, 0.2) is 12.2 Å². The van der Waals surface area contributed by atoms with Gasteiger partial charge in [-0.1, -0.05) is 70.4 Å². The third kappa shape index (κ3) is 22.4. The number of aliphatic hydroxyl groups is 1. The molecule has 8 nitrogen and oxygen atoms in total. The van der Waals surface area contributed by atoms with Gasteiger partial charge in [-0.2, -0.15) is 0 Å². The maximum absolute atomic E-state index is 11.7. The zero-order valence-electron chi connectivity index (χ0n) is 19.9. The first-order valence-corrected chi connectivity index (χ1v) is 13.7. The first kappa shape index (κ1) is 31.2. The lowest BCUT2D eigenvalue weighted by Crippen LogP contribution is -2.23. The Hall–Kier alpha value is -0.760. The van der Waals surface area contributed by atoms with Gasteiger partial charge in [0, 0.05) is 13.0 Å². The molecule has 0 spiro atoms. The molecule has 0 heterocycles. The number of allylic oxidation sites excluding steroid dienone is 2. The summed E-state index contributed by atoms with van der Waals surface area (Å²) >= 11 is 0. The van der Waals surface area contributed by atoms with E-state index in [1.165, 1.54) is 64.2 Å². The summed E-state index contributed by atoms with van der Waals surface area (Å²) in [6.45, 7) is 1.42. The predicted molar refractivity (Wildman–Crippen MR) is 127 cm³/mol. The quantitative estimate of drug-likeness (QED) is 0.0806. The molecule has 1 unspecified atom stereocenters. The molecule has 0 rings (SSSR count). The number of phosphoric acid groups is 1. The standard InChI is InChI=1S/C23H46NO7P/c1-2-3-4-5-6-7-8-9-10-11-12-13-14-15-16-17-23(26)29-20-22(25)21-31-32(27,28)30-19-18-24/h7-8,22,25H,2-6,9-21,24H2,1H3,(H,27,28)/b8-7+/t22-/m1/s1. The molecule has 0 aliphatic rings. The molecule has 2 atom stereocenters. The van der Waals surface area contributed by atoms with Crippen molar-refractivity contribution >= 4 is 13.8 Å². The maximum Gasteiger partial charge on any atom is 0.472 e. The van der Waals surface area contributed by atoms with Crippen molar-refractivity contribution < 1.29 is 33.1 Å². The lowest BCUT2D eigenvalue weighted by Gasteiger charge is -2.15. The van der Waals surface area contributed by atoms with Crippen molar-refractivity contribution in [1.82, 2.24) is 0 Å². The van der Waals surface area contributed by atoms with E-state index in [-0.39, 0.29) is 19.8 Å². The van der Waals surface area contributed by atoms with Crippen LogP contribution in [0.5, 0.6) is 0 Å². The second-order valence-corrected chi connectivity index (χ2v) is 9.51. The molecule has 0 bridgehead atoms. The van der Waals surface area contributed by atoms with Crippen LogP contribution < -0.4 is 5.73 Å². The Labute approximate surface area is 194 Å². The summed E-state index contributed by atoms with van der Waals surface area (Å²) in [5.41, 5.74) is 5.17. The van der Waals surface area contributed by atoms with E-state index < -0.39 is 26.5 Å². The Morgan fingerprint density at radius 2 is 1.47 bits per heavy atom. The highest BCUT2D eigenvalue weighted by Gasteiger charge is 2.22. The number of aliphatic hydroxyl groups excluding tert-OH is 1.